The normalized spacial score (nSPS) is 16.8. The summed E-state index contributed by atoms with van der Waals surface area (Å²) in [5, 5.41) is 6.21. The van der Waals surface area contributed by atoms with Gasteiger partial charge in [-0.25, -0.2) is 4.79 Å². The number of rotatable bonds is 3. The molecule has 0 unspecified atom stereocenters. The van der Waals surface area contributed by atoms with Crippen molar-refractivity contribution in [2.24, 2.45) is 5.10 Å². The fourth-order valence-electron chi connectivity index (χ4n) is 3.48. The Bertz CT molecular complexity index is 1270. The van der Waals surface area contributed by atoms with E-state index >= 15 is 0 Å². The molecular weight excluding hydrogens is 404 g/mol. The topological polar surface area (TPSA) is 72.1 Å². The van der Waals surface area contributed by atoms with Gasteiger partial charge in [-0.1, -0.05) is 23.7 Å². The fraction of sp³-hybridized carbons (Fsp3) is 0.0870. The van der Waals surface area contributed by atoms with Crippen molar-refractivity contribution in [3.8, 4) is 11.3 Å². The summed E-state index contributed by atoms with van der Waals surface area (Å²) in [5.41, 5.74) is 3.89. The first-order chi connectivity index (χ1) is 14.5. The van der Waals surface area contributed by atoms with Crippen molar-refractivity contribution >= 4 is 41.0 Å². The van der Waals surface area contributed by atoms with Crippen LogP contribution in [-0.2, 0) is 16.1 Å². The van der Waals surface area contributed by atoms with Crippen LogP contribution in [0.15, 0.2) is 69.7 Å². The molecule has 148 valence electrons. The Morgan fingerprint density at radius 3 is 2.80 bits per heavy atom. The molecule has 5 rings (SSSR count). The number of anilines is 1. The highest BCUT2D eigenvalue weighted by atomic mass is 35.5. The van der Waals surface area contributed by atoms with Gasteiger partial charge in [0, 0.05) is 16.1 Å². The van der Waals surface area contributed by atoms with Crippen LogP contribution in [0.4, 0.5) is 5.69 Å². The van der Waals surface area contributed by atoms with Gasteiger partial charge in [0.2, 0.25) is 0 Å². The Labute approximate surface area is 177 Å². The Kier molecular flexibility index (Phi) is 4.29. The number of hydrogen-bond acceptors (Lipinski definition) is 5. The molecule has 30 heavy (non-hydrogen) atoms. The van der Waals surface area contributed by atoms with E-state index in [1.54, 1.807) is 49.4 Å². The third kappa shape index (κ3) is 3.11. The first kappa shape index (κ1) is 18.4. The Hall–Kier alpha value is -3.64. The molecule has 1 amide bonds. The molecular formula is C23H15ClN2O4. The van der Waals surface area contributed by atoms with Crippen molar-refractivity contribution in [3.63, 3.8) is 0 Å². The second-order valence-electron chi connectivity index (χ2n) is 6.99. The van der Waals surface area contributed by atoms with Crippen LogP contribution in [0.1, 0.15) is 28.6 Å². The number of carbonyl (C=O) groups is 2. The number of benzene rings is 2. The predicted molar refractivity (Wildman–Crippen MR) is 113 cm³/mol. The first-order valence-corrected chi connectivity index (χ1v) is 9.65. The molecule has 1 aromatic heterocycles. The number of cyclic esters (lactones) is 1. The van der Waals surface area contributed by atoms with Crippen LogP contribution in [0.5, 0.6) is 0 Å². The van der Waals surface area contributed by atoms with Crippen LogP contribution in [0.2, 0.25) is 5.02 Å². The van der Waals surface area contributed by atoms with Gasteiger partial charge < -0.3 is 9.15 Å². The molecule has 6 nitrogen and oxygen atoms in total. The van der Waals surface area contributed by atoms with Crippen molar-refractivity contribution in [3.05, 3.63) is 82.1 Å². The first-order valence-electron chi connectivity index (χ1n) is 9.27. The van der Waals surface area contributed by atoms with E-state index in [1.165, 1.54) is 5.01 Å². The molecule has 3 aromatic rings. The molecule has 0 N–H and O–H groups in total. The Balaban J connectivity index is 1.43. The zero-order valence-corrected chi connectivity index (χ0v) is 16.6. The lowest BCUT2D eigenvalue weighted by molar-refractivity contribution is -0.114. The molecule has 0 spiro atoms. The van der Waals surface area contributed by atoms with Gasteiger partial charge in [0.25, 0.3) is 5.91 Å². The van der Waals surface area contributed by atoms with Gasteiger partial charge in [0.15, 0.2) is 0 Å². The van der Waals surface area contributed by atoms with E-state index in [4.69, 9.17) is 20.8 Å². The minimum Gasteiger partial charge on any atom is -0.457 e. The van der Waals surface area contributed by atoms with Gasteiger partial charge in [0.05, 0.1) is 22.5 Å². The number of fused-ring (bicyclic) bond motifs is 1. The van der Waals surface area contributed by atoms with E-state index in [2.05, 4.69) is 5.10 Å². The van der Waals surface area contributed by atoms with Crippen molar-refractivity contribution in [2.75, 3.05) is 5.01 Å². The summed E-state index contributed by atoms with van der Waals surface area (Å²) in [4.78, 5) is 24.5. The third-order valence-electron chi connectivity index (χ3n) is 5.00. The molecule has 7 heteroatoms. The lowest BCUT2D eigenvalue weighted by Crippen LogP contribution is -2.21. The van der Waals surface area contributed by atoms with Crippen LogP contribution >= 0.6 is 11.6 Å². The average molecular weight is 419 g/mol. The van der Waals surface area contributed by atoms with Crippen molar-refractivity contribution in [1.82, 2.24) is 0 Å². The van der Waals surface area contributed by atoms with Crippen LogP contribution in [0.25, 0.3) is 17.4 Å². The average Bonchev–Trinajstić information content (AvgIpc) is 3.42. The maximum absolute atomic E-state index is 12.9. The van der Waals surface area contributed by atoms with Gasteiger partial charge in [0.1, 0.15) is 18.1 Å². The fourth-order valence-corrected chi connectivity index (χ4v) is 3.67. The Morgan fingerprint density at radius 2 is 1.97 bits per heavy atom. The quantitative estimate of drug-likeness (QED) is 0.439. The number of hydrogen-bond donors (Lipinski definition) is 0. The molecule has 0 atom stereocenters. The maximum Gasteiger partial charge on any atom is 0.338 e. The van der Waals surface area contributed by atoms with Crippen molar-refractivity contribution in [1.29, 1.82) is 0 Å². The molecule has 2 aliphatic rings. The highest BCUT2D eigenvalue weighted by Crippen LogP contribution is 2.30. The number of furan rings is 1. The van der Waals surface area contributed by atoms with Gasteiger partial charge in [-0.15, -0.1) is 0 Å². The van der Waals surface area contributed by atoms with E-state index in [9.17, 15) is 9.59 Å². The number of ether oxygens (including phenoxy) is 1. The number of nitrogens with zero attached hydrogens (tertiary/aromatic N) is 2. The summed E-state index contributed by atoms with van der Waals surface area (Å²) >= 11 is 6.04. The van der Waals surface area contributed by atoms with Gasteiger partial charge in [-0.3, -0.25) is 4.79 Å². The van der Waals surface area contributed by atoms with Gasteiger partial charge >= 0.3 is 5.97 Å². The maximum atomic E-state index is 12.9. The van der Waals surface area contributed by atoms with Crippen molar-refractivity contribution < 1.29 is 18.7 Å². The van der Waals surface area contributed by atoms with E-state index in [1.807, 2.05) is 18.2 Å². The summed E-state index contributed by atoms with van der Waals surface area (Å²) in [7, 11) is 0. The zero-order chi connectivity index (χ0) is 20.8. The number of hydrazone groups is 1. The molecule has 0 saturated carbocycles. The smallest absolute Gasteiger partial charge is 0.338 e. The highest BCUT2D eigenvalue weighted by molar-refractivity contribution is 6.33. The monoisotopic (exact) mass is 418 g/mol. The van der Waals surface area contributed by atoms with Gasteiger partial charge in [-0.05, 0) is 55.5 Å². The lowest BCUT2D eigenvalue weighted by atomic mass is 10.0. The number of carbonyl (C=O) groups excluding carboxylic acids is 2. The molecule has 2 aliphatic heterocycles. The SMILES string of the molecule is CC1=NN(c2cccc(Cl)c2)C(=O)/C1=C/c1ccc(-c2ccc3c(c2)COC3=O)o1. The minimum absolute atomic E-state index is 0.249. The number of amides is 1. The predicted octanol–water partition coefficient (Wildman–Crippen LogP) is 5.08. The molecule has 0 saturated heterocycles. The summed E-state index contributed by atoms with van der Waals surface area (Å²) in [6.07, 6.45) is 1.68. The summed E-state index contributed by atoms with van der Waals surface area (Å²) < 4.78 is 11.0. The minimum atomic E-state index is -0.305. The molecule has 2 aromatic carbocycles. The lowest BCUT2D eigenvalue weighted by Gasteiger charge is -2.11. The molecule has 0 fully saturated rings. The standard InChI is InChI=1S/C23H15ClN2O4/c1-13-20(22(27)26(25-13)17-4-2-3-16(24)10-17)11-18-6-8-21(30-18)14-5-7-19-15(9-14)12-29-23(19)28/h2-11H,12H2,1H3/b20-11+. The molecule has 0 radical (unpaired) electrons. The number of esters is 1. The van der Waals surface area contributed by atoms with E-state index in [0.717, 1.165) is 11.1 Å². The summed E-state index contributed by atoms with van der Waals surface area (Å²) in [6, 6.07) is 16.0. The van der Waals surface area contributed by atoms with E-state index in [0.29, 0.717) is 39.1 Å². The Morgan fingerprint density at radius 1 is 1.10 bits per heavy atom. The van der Waals surface area contributed by atoms with E-state index < -0.39 is 0 Å². The van der Waals surface area contributed by atoms with Crippen LogP contribution in [-0.4, -0.2) is 17.6 Å². The zero-order valence-electron chi connectivity index (χ0n) is 15.9. The second kappa shape index (κ2) is 7.00. The van der Waals surface area contributed by atoms with E-state index in [-0.39, 0.29) is 18.5 Å². The largest absolute Gasteiger partial charge is 0.457 e. The summed E-state index contributed by atoms with van der Waals surface area (Å²) in [6.45, 7) is 2.04. The highest BCUT2D eigenvalue weighted by Gasteiger charge is 2.29. The number of halogens is 1. The molecule has 3 heterocycles. The van der Waals surface area contributed by atoms with Crippen LogP contribution in [0.3, 0.4) is 0 Å². The molecule has 0 bridgehead atoms. The second-order valence-corrected chi connectivity index (χ2v) is 7.43. The van der Waals surface area contributed by atoms with Crippen LogP contribution in [0, 0.1) is 0 Å². The van der Waals surface area contributed by atoms with Gasteiger partial charge in [-0.2, -0.15) is 10.1 Å². The summed E-state index contributed by atoms with van der Waals surface area (Å²) in [5.74, 6) is 0.612. The molecule has 0 aliphatic carbocycles. The van der Waals surface area contributed by atoms with Crippen LogP contribution < -0.4 is 5.01 Å². The third-order valence-corrected chi connectivity index (χ3v) is 5.23. The van der Waals surface area contributed by atoms with Crippen molar-refractivity contribution in [2.45, 2.75) is 13.5 Å².